The van der Waals surface area contributed by atoms with Gasteiger partial charge in [-0.3, -0.25) is 9.78 Å². The maximum atomic E-state index is 12.9. The van der Waals surface area contributed by atoms with E-state index >= 15 is 0 Å². The van der Waals surface area contributed by atoms with Gasteiger partial charge in [-0.25, -0.2) is 0 Å². The first kappa shape index (κ1) is 19.2. The summed E-state index contributed by atoms with van der Waals surface area (Å²) in [7, 11) is 0. The van der Waals surface area contributed by atoms with Gasteiger partial charge in [-0.05, 0) is 36.4 Å². The Labute approximate surface area is 175 Å². The molecule has 0 spiro atoms. The monoisotopic (exact) mass is 440 g/mol. The van der Waals surface area contributed by atoms with E-state index in [4.69, 9.17) is 4.42 Å². The van der Waals surface area contributed by atoms with Gasteiger partial charge in [0.2, 0.25) is 4.96 Å². The number of hydrogen-bond acceptors (Lipinski definition) is 6. The molecule has 6 nitrogen and oxygen atoms in total. The Hall–Kier alpha value is -3.79. The fourth-order valence-corrected chi connectivity index (χ4v) is 3.91. The maximum absolute atomic E-state index is 12.9. The molecule has 4 heterocycles. The molecular formula is C21H11F3N4O2S. The van der Waals surface area contributed by atoms with Gasteiger partial charge in [0.1, 0.15) is 16.1 Å². The lowest BCUT2D eigenvalue weighted by atomic mass is 10.1. The van der Waals surface area contributed by atoms with E-state index in [-0.39, 0.29) is 11.3 Å². The highest BCUT2D eigenvalue weighted by atomic mass is 32.1. The van der Waals surface area contributed by atoms with Crippen molar-refractivity contribution in [3.63, 3.8) is 0 Å². The van der Waals surface area contributed by atoms with Crippen molar-refractivity contribution >= 4 is 22.4 Å². The van der Waals surface area contributed by atoms with Gasteiger partial charge in [-0.1, -0.05) is 23.5 Å². The summed E-state index contributed by atoms with van der Waals surface area (Å²) in [4.78, 5) is 21.4. The van der Waals surface area contributed by atoms with Crippen LogP contribution in [-0.4, -0.2) is 19.6 Å². The zero-order valence-corrected chi connectivity index (χ0v) is 16.3. The molecule has 0 aliphatic carbocycles. The molecule has 0 aliphatic rings. The third kappa shape index (κ3) is 3.61. The molecule has 0 bridgehead atoms. The van der Waals surface area contributed by atoms with Gasteiger partial charge < -0.3 is 4.42 Å². The fourth-order valence-electron chi connectivity index (χ4n) is 3.02. The summed E-state index contributed by atoms with van der Waals surface area (Å²) in [6.07, 6.45) is 0.302. The van der Waals surface area contributed by atoms with Crippen molar-refractivity contribution in [2.45, 2.75) is 6.18 Å². The summed E-state index contributed by atoms with van der Waals surface area (Å²) in [5.74, 6) is 1.02. The lowest BCUT2D eigenvalue weighted by Gasteiger charge is -2.07. The van der Waals surface area contributed by atoms with Crippen LogP contribution < -0.4 is 10.1 Å². The van der Waals surface area contributed by atoms with E-state index in [0.29, 0.717) is 26.6 Å². The first-order chi connectivity index (χ1) is 14.9. The van der Waals surface area contributed by atoms with Crippen molar-refractivity contribution in [3.05, 3.63) is 87.1 Å². The van der Waals surface area contributed by atoms with E-state index < -0.39 is 11.7 Å². The Morgan fingerprint density at radius 2 is 1.84 bits per heavy atom. The van der Waals surface area contributed by atoms with E-state index in [1.807, 2.05) is 0 Å². The Kier molecular flexibility index (Phi) is 4.44. The molecule has 0 amide bonds. The van der Waals surface area contributed by atoms with Crippen molar-refractivity contribution in [3.8, 4) is 22.7 Å². The van der Waals surface area contributed by atoms with Gasteiger partial charge in [0.05, 0.1) is 5.56 Å². The highest BCUT2D eigenvalue weighted by Crippen LogP contribution is 2.32. The van der Waals surface area contributed by atoms with Crippen molar-refractivity contribution in [2.75, 3.05) is 0 Å². The minimum Gasteiger partial charge on any atom is -0.457 e. The number of nitrogens with zero attached hydrogens (tertiary/aromatic N) is 4. The van der Waals surface area contributed by atoms with E-state index in [2.05, 4.69) is 15.1 Å². The number of pyridine rings is 1. The number of fused-ring (bicyclic) bond motifs is 1. The van der Waals surface area contributed by atoms with Crippen LogP contribution in [0.15, 0.2) is 70.1 Å². The molecule has 10 heteroatoms. The van der Waals surface area contributed by atoms with Gasteiger partial charge in [0.25, 0.3) is 5.56 Å². The molecule has 0 atom stereocenters. The first-order valence-electron chi connectivity index (χ1n) is 8.98. The van der Waals surface area contributed by atoms with Crippen molar-refractivity contribution < 1.29 is 17.6 Å². The normalized spacial score (nSPS) is 12.7. The Morgan fingerprint density at radius 3 is 2.58 bits per heavy atom. The molecule has 31 heavy (non-hydrogen) atoms. The number of benzene rings is 1. The van der Waals surface area contributed by atoms with Crippen molar-refractivity contribution in [1.82, 2.24) is 19.6 Å². The zero-order chi connectivity index (χ0) is 21.6. The number of furan rings is 1. The number of hydrogen-bond donors (Lipinski definition) is 0. The summed E-state index contributed by atoms with van der Waals surface area (Å²) >= 11 is 1.14. The third-order valence-corrected chi connectivity index (χ3v) is 5.45. The summed E-state index contributed by atoms with van der Waals surface area (Å²) in [6.45, 7) is 0. The van der Waals surface area contributed by atoms with Crippen LogP contribution in [0.25, 0.3) is 33.7 Å². The molecule has 4 aromatic heterocycles. The minimum atomic E-state index is -4.44. The topological polar surface area (TPSA) is 73.3 Å². The second-order valence-electron chi connectivity index (χ2n) is 6.56. The molecule has 0 fully saturated rings. The van der Waals surface area contributed by atoms with Crippen molar-refractivity contribution in [2.24, 2.45) is 0 Å². The van der Waals surface area contributed by atoms with E-state index in [9.17, 15) is 18.0 Å². The van der Waals surface area contributed by atoms with E-state index in [0.717, 1.165) is 29.0 Å². The molecule has 5 rings (SSSR count). The maximum Gasteiger partial charge on any atom is 0.416 e. The van der Waals surface area contributed by atoms with Gasteiger partial charge in [0.15, 0.2) is 5.82 Å². The van der Waals surface area contributed by atoms with Crippen LogP contribution in [0.5, 0.6) is 0 Å². The van der Waals surface area contributed by atoms with Gasteiger partial charge in [0, 0.05) is 29.6 Å². The van der Waals surface area contributed by atoms with Crippen LogP contribution >= 0.6 is 11.3 Å². The lowest BCUT2D eigenvalue weighted by Crippen LogP contribution is -2.23. The van der Waals surface area contributed by atoms with Crippen LogP contribution in [0, 0.1) is 0 Å². The Morgan fingerprint density at radius 1 is 1.03 bits per heavy atom. The summed E-state index contributed by atoms with van der Waals surface area (Å²) < 4.78 is 46.0. The highest BCUT2D eigenvalue weighted by Gasteiger charge is 2.30. The van der Waals surface area contributed by atoms with Crippen LogP contribution in [-0.2, 0) is 6.18 Å². The molecule has 5 aromatic rings. The number of alkyl halides is 3. The number of thiazole rings is 1. The molecule has 0 saturated carbocycles. The first-order valence-corrected chi connectivity index (χ1v) is 9.79. The quantitative estimate of drug-likeness (QED) is 0.423. The van der Waals surface area contributed by atoms with Gasteiger partial charge in [-0.2, -0.15) is 22.7 Å². The summed E-state index contributed by atoms with van der Waals surface area (Å²) in [6, 6.07) is 11.5. The number of halogens is 3. The smallest absolute Gasteiger partial charge is 0.416 e. The van der Waals surface area contributed by atoms with Gasteiger partial charge in [-0.15, -0.1) is 5.10 Å². The third-order valence-electron chi connectivity index (χ3n) is 4.49. The summed E-state index contributed by atoms with van der Waals surface area (Å²) in [5.41, 5.74) is -0.0804. The molecule has 0 N–H and O–H groups in total. The lowest BCUT2D eigenvalue weighted by molar-refractivity contribution is -0.137. The molecular weight excluding hydrogens is 429 g/mol. The number of rotatable bonds is 3. The Bertz CT molecular complexity index is 1500. The van der Waals surface area contributed by atoms with Gasteiger partial charge >= 0.3 is 6.18 Å². The fraction of sp³-hybridized carbons (Fsp3) is 0.0476. The average Bonchev–Trinajstić information content (AvgIpc) is 3.46. The second kappa shape index (κ2) is 7.17. The second-order valence-corrected chi connectivity index (χ2v) is 7.57. The van der Waals surface area contributed by atoms with Crippen molar-refractivity contribution in [1.29, 1.82) is 0 Å². The van der Waals surface area contributed by atoms with E-state index in [1.165, 1.54) is 22.7 Å². The zero-order valence-electron chi connectivity index (χ0n) is 15.5. The van der Waals surface area contributed by atoms with Crippen LogP contribution in [0.3, 0.4) is 0 Å². The van der Waals surface area contributed by atoms with Crippen LogP contribution in [0.4, 0.5) is 13.2 Å². The highest BCUT2D eigenvalue weighted by molar-refractivity contribution is 7.15. The molecule has 0 unspecified atom stereocenters. The molecule has 1 aromatic carbocycles. The van der Waals surface area contributed by atoms with Crippen LogP contribution in [0.1, 0.15) is 11.3 Å². The Balaban J connectivity index is 1.49. The average molecular weight is 440 g/mol. The predicted molar refractivity (Wildman–Crippen MR) is 108 cm³/mol. The molecule has 0 aliphatic heterocycles. The van der Waals surface area contributed by atoms with Crippen LogP contribution in [0.2, 0.25) is 0 Å². The standard InChI is InChI=1S/C21H11F3N4O2S/c22-21(23,24)14-3-1-2-13(10-14)16-5-4-15(30-16)11-17-19(29)28-20(31-17)26-18(27-28)12-6-8-25-9-7-12/h1-11H/b17-11+. The molecule has 0 saturated heterocycles. The molecule has 0 radical (unpaired) electrons. The largest absolute Gasteiger partial charge is 0.457 e. The number of aromatic nitrogens is 4. The summed E-state index contributed by atoms with van der Waals surface area (Å²) in [5, 5.41) is 4.25. The molecule has 154 valence electrons. The van der Waals surface area contributed by atoms with E-state index in [1.54, 1.807) is 36.7 Å². The SMILES string of the molecule is O=c1/c(=C\c2ccc(-c3cccc(C(F)(F)F)c3)o2)sc2nc(-c3ccncc3)nn12. The minimum absolute atomic E-state index is 0.268. The predicted octanol–water partition coefficient (Wildman–Crippen LogP) is 4.04.